The molecule has 0 saturated carbocycles. The Morgan fingerprint density at radius 1 is 1.44 bits per heavy atom. The first-order chi connectivity index (χ1) is 7.64. The van der Waals surface area contributed by atoms with Crippen molar-refractivity contribution < 1.29 is 12.9 Å². The van der Waals surface area contributed by atoms with Crippen molar-refractivity contribution >= 4 is 10.0 Å². The number of hydrogen-bond acceptors (Lipinski definition) is 6. The van der Waals surface area contributed by atoms with Gasteiger partial charge in [0.1, 0.15) is 0 Å². The minimum Gasteiger partial charge on any atom is -0.340 e. The SMILES string of the molecule is CCNCCS(=O)(=O)NCCc1ncno1. The van der Waals surface area contributed by atoms with Crippen LogP contribution in [0.15, 0.2) is 10.9 Å². The summed E-state index contributed by atoms with van der Waals surface area (Å²) in [6, 6.07) is 0. The van der Waals surface area contributed by atoms with Crippen molar-refractivity contribution in [3.05, 3.63) is 12.2 Å². The van der Waals surface area contributed by atoms with E-state index < -0.39 is 10.0 Å². The Labute approximate surface area is 94.7 Å². The second kappa shape index (κ2) is 6.56. The zero-order valence-corrected chi connectivity index (χ0v) is 9.96. The molecule has 0 aromatic carbocycles. The molecule has 1 heterocycles. The molecule has 0 radical (unpaired) electrons. The van der Waals surface area contributed by atoms with Crippen molar-refractivity contribution in [2.45, 2.75) is 13.3 Å². The Bertz CT molecular complexity index is 376. The zero-order chi connectivity index (χ0) is 11.9. The molecule has 0 bridgehead atoms. The van der Waals surface area contributed by atoms with Crippen LogP contribution in [0.5, 0.6) is 0 Å². The Morgan fingerprint density at radius 2 is 2.25 bits per heavy atom. The summed E-state index contributed by atoms with van der Waals surface area (Å²) >= 11 is 0. The first kappa shape index (κ1) is 13.1. The van der Waals surface area contributed by atoms with Gasteiger partial charge in [-0.1, -0.05) is 12.1 Å². The molecule has 8 heteroatoms. The maximum Gasteiger partial charge on any atom is 0.227 e. The van der Waals surface area contributed by atoms with E-state index in [-0.39, 0.29) is 12.3 Å². The molecule has 7 nitrogen and oxygen atoms in total. The summed E-state index contributed by atoms with van der Waals surface area (Å²) in [4.78, 5) is 3.79. The van der Waals surface area contributed by atoms with Crippen molar-refractivity contribution in [2.24, 2.45) is 0 Å². The standard InChI is InChI=1S/C8H16N4O3S/c1-2-9-5-6-16(13,14)12-4-3-8-10-7-11-15-8/h7,9,12H,2-6H2,1H3. The van der Waals surface area contributed by atoms with Crippen LogP contribution in [0.2, 0.25) is 0 Å². The maximum absolute atomic E-state index is 11.4. The number of nitrogens with one attached hydrogen (secondary N) is 2. The van der Waals surface area contributed by atoms with E-state index in [1.54, 1.807) is 0 Å². The van der Waals surface area contributed by atoms with Crippen LogP contribution >= 0.6 is 0 Å². The molecule has 16 heavy (non-hydrogen) atoms. The quantitative estimate of drug-likeness (QED) is 0.581. The van der Waals surface area contributed by atoms with Crippen LogP contribution in [-0.2, 0) is 16.4 Å². The van der Waals surface area contributed by atoms with Gasteiger partial charge in [0, 0.05) is 19.5 Å². The molecule has 2 N–H and O–H groups in total. The lowest BCUT2D eigenvalue weighted by Gasteiger charge is -2.05. The summed E-state index contributed by atoms with van der Waals surface area (Å²) in [5.41, 5.74) is 0. The van der Waals surface area contributed by atoms with Gasteiger partial charge in [-0.3, -0.25) is 0 Å². The van der Waals surface area contributed by atoms with Gasteiger partial charge in [-0.25, -0.2) is 13.1 Å². The van der Waals surface area contributed by atoms with E-state index in [4.69, 9.17) is 4.52 Å². The van der Waals surface area contributed by atoms with Crippen LogP contribution in [0.1, 0.15) is 12.8 Å². The number of rotatable bonds is 8. The fourth-order valence-electron chi connectivity index (χ4n) is 1.08. The van der Waals surface area contributed by atoms with Gasteiger partial charge in [0.15, 0.2) is 6.33 Å². The van der Waals surface area contributed by atoms with E-state index in [2.05, 4.69) is 20.2 Å². The lowest BCUT2D eigenvalue weighted by molar-refractivity contribution is 0.377. The van der Waals surface area contributed by atoms with Gasteiger partial charge in [0.25, 0.3) is 0 Å². The van der Waals surface area contributed by atoms with Gasteiger partial charge in [0.05, 0.1) is 5.75 Å². The largest absolute Gasteiger partial charge is 0.340 e. The third-order valence-electron chi connectivity index (χ3n) is 1.87. The van der Waals surface area contributed by atoms with E-state index in [1.807, 2.05) is 6.92 Å². The highest BCUT2D eigenvalue weighted by Gasteiger charge is 2.09. The Kier molecular flexibility index (Phi) is 5.36. The highest BCUT2D eigenvalue weighted by Crippen LogP contribution is 1.92. The van der Waals surface area contributed by atoms with Crippen LogP contribution in [0.4, 0.5) is 0 Å². The lowest BCUT2D eigenvalue weighted by atomic mass is 10.4. The monoisotopic (exact) mass is 248 g/mol. The second-order valence-electron chi connectivity index (χ2n) is 3.15. The normalized spacial score (nSPS) is 11.8. The first-order valence-electron chi connectivity index (χ1n) is 5.07. The second-order valence-corrected chi connectivity index (χ2v) is 5.08. The van der Waals surface area contributed by atoms with Gasteiger partial charge in [-0.15, -0.1) is 0 Å². The average molecular weight is 248 g/mol. The first-order valence-corrected chi connectivity index (χ1v) is 6.73. The number of hydrogen-bond donors (Lipinski definition) is 2. The lowest BCUT2D eigenvalue weighted by Crippen LogP contribution is -2.33. The minimum absolute atomic E-state index is 0.0741. The summed E-state index contributed by atoms with van der Waals surface area (Å²) in [5.74, 6) is 0.499. The van der Waals surface area contributed by atoms with E-state index in [0.29, 0.717) is 18.9 Å². The van der Waals surface area contributed by atoms with Gasteiger partial charge < -0.3 is 9.84 Å². The summed E-state index contributed by atoms with van der Waals surface area (Å²) in [6.45, 7) is 3.41. The predicted molar refractivity (Wildman–Crippen MR) is 58.3 cm³/mol. The van der Waals surface area contributed by atoms with Crippen molar-refractivity contribution in [3.8, 4) is 0 Å². The maximum atomic E-state index is 11.4. The van der Waals surface area contributed by atoms with E-state index >= 15 is 0 Å². The molecule has 92 valence electrons. The molecule has 0 amide bonds. The highest BCUT2D eigenvalue weighted by molar-refractivity contribution is 7.89. The third kappa shape index (κ3) is 5.19. The Morgan fingerprint density at radius 3 is 2.88 bits per heavy atom. The van der Waals surface area contributed by atoms with Crippen LogP contribution in [0, 0.1) is 0 Å². The summed E-state index contributed by atoms with van der Waals surface area (Å²) in [7, 11) is -3.21. The number of nitrogens with zero attached hydrogens (tertiary/aromatic N) is 2. The molecule has 0 aliphatic heterocycles. The molecule has 0 fully saturated rings. The highest BCUT2D eigenvalue weighted by atomic mass is 32.2. The van der Waals surface area contributed by atoms with Crippen molar-refractivity contribution in [1.82, 2.24) is 20.2 Å². The van der Waals surface area contributed by atoms with Gasteiger partial charge in [-0.05, 0) is 6.54 Å². The van der Waals surface area contributed by atoms with Crippen molar-refractivity contribution in [2.75, 3.05) is 25.4 Å². The molecule has 0 aliphatic carbocycles. The molecule has 0 atom stereocenters. The van der Waals surface area contributed by atoms with E-state index in [1.165, 1.54) is 6.33 Å². The predicted octanol–water partition coefficient (Wildman–Crippen LogP) is -0.859. The summed E-state index contributed by atoms with van der Waals surface area (Å²) in [6.07, 6.45) is 1.69. The van der Waals surface area contributed by atoms with Gasteiger partial charge in [-0.2, -0.15) is 4.98 Å². The third-order valence-corrected chi connectivity index (χ3v) is 3.25. The van der Waals surface area contributed by atoms with Crippen LogP contribution in [0.3, 0.4) is 0 Å². The molecule has 0 spiro atoms. The smallest absolute Gasteiger partial charge is 0.227 e. The molecular weight excluding hydrogens is 232 g/mol. The van der Waals surface area contributed by atoms with Gasteiger partial charge in [0.2, 0.25) is 15.9 Å². The fraction of sp³-hybridized carbons (Fsp3) is 0.750. The molecule has 1 aromatic rings. The number of sulfonamides is 1. The van der Waals surface area contributed by atoms with E-state index in [0.717, 1.165) is 6.54 Å². The minimum atomic E-state index is -3.21. The average Bonchev–Trinajstić information content (AvgIpc) is 2.70. The molecule has 1 rings (SSSR count). The summed E-state index contributed by atoms with van der Waals surface area (Å²) < 4.78 is 30.0. The van der Waals surface area contributed by atoms with Crippen molar-refractivity contribution in [1.29, 1.82) is 0 Å². The molecule has 0 unspecified atom stereocenters. The van der Waals surface area contributed by atoms with E-state index in [9.17, 15) is 8.42 Å². The zero-order valence-electron chi connectivity index (χ0n) is 9.14. The molecular formula is C8H16N4O3S. The Balaban J connectivity index is 2.20. The Hall–Kier alpha value is -0.990. The molecule has 0 aliphatic rings. The molecule has 0 saturated heterocycles. The topological polar surface area (TPSA) is 97.1 Å². The molecule has 1 aromatic heterocycles. The number of aromatic nitrogens is 2. The van der Waals surface area contributed by atoms with Crippen LogP contribution < -0.4 is 10.0 Å². The van der Waals surface area contributed by atoms with Crippen molar-refractivity contribution in [3.63, 3.8) is 0 Å². The van der Waals surface area contributed by atoms with Crippen LogP contribution in [0.25, 0.3) is 0 Å². The fourth-order valence-corrected chi connectivity index (χ4v) is 2.05. The van der Waals surface area contributed by atoms with Gasteiger partial charge >= 0.3 is 0 Å². The van der Waals surface area contributed by atoms with Crippen LogP contribution in [-0.4, -0.2) is 43.9 Å². The summed E-state index contributed by atoms with van der Waals surface area (Å²) in [5, 5.41) is 6.37.